The second-order valence-electron chi connectivity index (χ2n) is 6.00. The Morgan fingerprint density at radius 1 is 1.44 bits per heavy atom. The maximum atomic E-state index is 12.8. The van der Waals surface area contributed by atoms with Gasteiger partial charge in [0, 0.05) is 37.9 Å². The third kappa shape index (κ3) is 1.82. The van der Waals surface area contributed by atoms with Crippen molar-refractivity contribution in [2.45, 2.75) is 24.8 Å². The minimum absolute atomic E-state index is 0.102. The topological polar surface area (TPSA) is 41.6 Å². The summed E-state index contributed by atoms with van der Waals surface area (Å²) in [6.45, 7) is 2.51. The van der Waals surface area contributed by atoms with Gasteiger partial charge in [-0.1, -0.05) is 0 Å². The van der Waals surface area contributed by atoms with Crippen LogP contribution in [0.1, 0.15) is 12.8 Å². The molecule has 3 aliphatic rings. The summed E-state index contributed by atoms with van der Waals surface area (Å²) < 4.78 is 30.9. The van der Waals surface area contributed by atoms with Gasteiger partial charge in [0.15, 0.2) is 0 Å². The molecule has 0 radical (unpaired) electrons. The number of nitrogens with one attached hydrogen (secondary N) is 1. The third-order valence-corrected chi connectivity index (χ3v) is 4.42. The van der Waals surface area contributed by atoms with Gasteiger partial charge < -0.3 is 15.0 Å². The van der Waals surface area contributed by atoms with Crippen LogP contribution in [0.4, 0.5) is 8.78 Å². The highest BCUT2D eigenvalue weighted by Crippen LogP contribution is 2.42. The quantitative estimate of drug-likeness (QED) is 0.785. The molecule has 3 fully saturated rings. The van der Waals surface area contributed by atoms with Gasteiger partial charge in [-0.05, 0) is 7.05 Å². The number of likely N-dealkylation sites (tertiary alicyclic amines) is 1. The fourth-order valence-corrected chi connectivity index (χ4v) is 3.40. The van der Waals surface area contributed by atoms with Crippen LogP contribution in [0.5, 0.6) is 0 Å². The molecule has 0 aromatic rings. The van der Waals surface area contributed by atoms with Crippen molar-refractivity contribution < 1.29 is 18.3 Å². The number of carbonyl (C=O) groups is 1. The van der Waals surface area contributed by atoms with Crippen LogP contribution < -0.4 is 5.32 Å². The Kier molecular flexibility index (Phi) is 2.64. The van der Waals surface area contributed by atoms with E-state index in [-0.39, 0.29) is 30.7 Å². The van der Waals surface area contributed by atoms with E-state index in [2.05, 4.69) is 10.2 Å². The van der Waals surface area contributed by atoms with Crippen LogP contribution in [-0.2, 0) is 9.53 Å². The zero-order valence-electron chi connectivity index (χ0n) is 10.4. The van der Waals surface area contributed by atoms with Crippen LogP contribution in [0.25, 0.3) is 0 Å². The summed E-state index contributed by atoms with van der Waals surface area (Å²) in [5.74, 6) is -2.49. The summed E-state index contributed by atoms with van der Waals surface area (Å²) in [4.78, 5) is 14.5. The molecule has 0 aromatic heterocycles. The highest BCUT2D eigenvalue weighted by atomic mass is 19.3. The molecule has 0 bridgehead atoms. The predicted octanol–water partition coefficient (Wildman–Crippen LogP) is 0.478. The zero-order valence-corrected chi connectivity index (χ0v) is 10.4. The van der Waals surface area contributed by atoms with E-state index in [1.807, 2.05) is 7.05 Å². The average molecular weight is 260 g/mol. The number of hydrogen-bond donors (Lipinski definition) is 1. The second-order valence-corrected chi connectivity index (χ2v) is 6.00. The SMILES string of the molecule is CN1C[C@@H]2COC[C@]2(C(=O)NC2CC(F)(F)C2)C1. The first kappa shape index (κ1) is 12.3. The van der Waals surface area contributed by atoms with Gasteiger partial charge in [0.1, 0.15) is 0 Å². The Labute approximate surface area is 105 Å². The summed E-state index contributed by atoms with van der Waals surface area (Å²) in [6.07, 6.45) is -0.452. The van der Waals surface area contributed by atoms with Crippen molar-refractivity contribution in [2.24, 2.45) is 11.3 Å². The van der Waals surface area contributed by atoms with Crippen molar-refractivity contribution in [1.29, 1.82) is 0 Å². The molecule has 2 aliphatic heterocycles. The van der Waals surface area contributed by atoms with Gasteiger partial charge in [0.25, 0.3) is 5.92 Å². The highest BCUT2D eigenvalue weighted by Gasteiger charge is 2.56. The molecular weight excluding hydrogens is 242 g/mol. The van der Waals surface area contributed by atoms with Crippen molar-refractivity contribution in [2.75, 3.05) is 33.4 Å². The smallest absolute Gasteiger partial charge is 0.252 e. The fraction of sp³-hybridized carbons (Fsp3) is 0.917. The molecule has 2 saturated heterocycles. The summed E-state index contributed by atoms with van der Waals surface area (Å²) in [7, 11) is 1.98. The zero-order chi connectivity index (χ0) is 13.0. The first-order valence-electron chi connectivity index (χ1n) is 6.36. The predicted molar refractivity (Wildman–Crippen MR) is 60.4 cm³/mol. The minimum atomic E-state index is -2.59. The van der Waals surface area contributed by atoms with Crippen LogP contribution in [0, 0.1) is 11.3 Å². The Morgan fingerprint density at radius 3 is 2.83 bits per heavy atom. The first-order chi connectivity index (χ1) is 8.41. The van der Waals surface area contributed by atoms with E-state index in [9.17, 15) is 13.6 Å². The molecule has 0 aromatic carbocycles. The normalized spacial score (nSPS) is 39.4. The summed E-state index contributed by atoms with van der Waals surface area (Å²) in [5, 5.41) is 2.77. The first-order valence-corrected chi connectivity index (χ1v) is 6.36. The molecule has 2 heterocycles. The van der Waals surface area contributed by atoms with E-state index in [0.717, 1.165) is 6.54 Å². The summed E-state index contributed by atoms with van der Waals surface area (Å²) in [5.41, 5.74) is -0.514. The number of ether oxygens (including phenoxy) is 1. The Bertz CT molecular complexity index is 369. The van der Waals surface area contributed by atoms with Crippen molar-refractivity contribution in [1.82, 2.24) is 10.2 Å². The van der Waals surface area contributed by atoms with Crippen LogP contribution >= 0.6 is 0 Å². The molecule has 0 spiro atoms. The average Bonchev–Trinajstić information content (AvgIpc) is 2.71. The Hall–Kier alpha value is -0.750. The van der Waals surface area contributed by atoms with E-state index in [4.69, 9.17) is 4.74 Å². The Balaban J connectivity index is 1.65. The van der Waals surface area contributed by atoms with Gasteiger partial charge in [-0.3, -0.25) is 4.79 Å². The van der Waals surface area contributed by atoms with Crippen molar-refractivity contribution >= 4 is 5.91 Å². The van der Waals surface area contributed by atoms with E-state index in [1.54, 1.807) is 0 Å². The molecule has 3 rings (SSSR count). The van der Waals surface area contributed by atoms with Gasteiger partial charge in [-0.25, -0.2) is 8.78 Å². The van der Waals surface area contributed by atoms with E-state index >= 15 is 0 Å². The molecule has 6 heteroatoms. The lowest BCUT2D eigenvalue weighted by molar-refractivity contribution is -0.139. The number of fused-ring (bicyclic) bond motifs is 1. The van der Waals surface area contributed by atoms with Crippen molar-refractivity contribution in [3.63, 3.8) is 0 Å². The van der Waals surface area contributed by atoms with Crippen LogP contribution in [0.15, 0.2) is 0 Å². The van der Waals surface area contributed by atoms with Gasteiger partial charge >= 0.3 is 0 Å². The molecule has 1 saturated carbocycles. The number of carbonyl (C=O) groups excluding carboxylic acids is 1. The highest BCUT2D eigenvalue weighted by molar-refractivity contribution is 5.84. The van der Waals surface area contributed by atoms with Gasteiger partial charge in [0.05, 0.1) is 18.6 Å². The third-order valence-electron chi connectivity index (χ3n) is 4.42. The lowest BCUT2D eigenvalue weighted by Gasteiger charge is -2.37. The number of alkyl halides is 2. The molecule has 1 aliphatic carbocycles. The van der Waals surface area contributed by atoms with Crippen LogP contribution in [-0.4, -0.2) is 56.1 Å². The lowest BCUT2D eigenvalue weighted by Crippen LogP contribution is -2.56. The minimum Gasteiger partial charge on any atom is -0.380 e. The standard InChI is InChI=1S/C12H18F2N2O2/c1-16-4-8-5-18-7-11(8,6-16)10(17)15-9-2-12(13,14)3-9/h8-9H,2-7H2,1H3,(H,15,17)/t8-,11-/m1/s1. The van der Waals surface area contributed by atoms with Crippen molar-refractivity contribution in [3.05, 3.63) is 0 Å². The molecule has 1 N–H and O–H groups in total. The molecule has 2 atom stereocenters. The second kappa shape index (κ2) is 3.87. The number of amides is 1. The largest absolute Gasteiger partial charge is 0.380 e. The molecule has 18 heavy (non-hydrogen) atoms. The van der Waals surface area contributed by atoms with Gasteiger partial charge in [-0.15, -0.1) is 0 Å². The molecule has 1 amide bonds. The van der Waals surface area contributed by atoms with Crippen LogP contribution in [0.2, 0.25) is 0 Å². The monoisotopic (exact) mass is 260 g/mol. The number of hydrogen-bond acceptors (Lipinski definition) is 3. The van der Waals surface area contributed by atoms with E-state index in [0.29, 0.717) is 19.8 Å². The number of halogens is 2. The summed E-state index contributed by atoms with van der Waals surface area (Å²) >= 11 is 0. The summed E-state index contributed by atoms with van der Waals surface area (Å²) in [6, 6.07) is -0.367. The molecule has 4 nitrogen and oxygen atoms in total. The van der Waals surface area contributed by atoms with Crippen molar-refractivity contribution in [3.8, 4) is 0 Å². The van der Waals surface area contributed by atoms with Gasteiger partial charge in [-0.2, -0.15) is 0 Å². The molecule has 102 valence electrons. The number of rotatable bonds is 2. The van der Waals surface area contributed by atoms with E-state index < -0.39 is 11.3 Å². The molecule has 0 unspecified atom stereocenters. The maximum absolute atomic E-state index is 12.8. The molecular formula is C12H18F2N2O2. The fourth-order valence-electron chi connectivity index (χ4n) is 3.40. The van der Waals surface area contributed by atoms with Crippen LogP contribution in [0.3, 0.4) is 0 Å². The Morgan fingerprint density at radius 2 is 2.17 bits per heavy atom. The maximum Gasteiger partial charge on any atom is 0.252 e. The van der Waals surface area contributed by atoms with E-state index in [1.165, 1.54) is 0 Å². The lowest BCUT2D eigenvalue weighted by atomic mass is 9.79. The van der Waals surface area contributed by atoms with Gasteiger partial charge in [0.2, 0.25) is 5.91 Å². The number of nitrogens with zero attached hydrogens (tertiary/aromatic N) is 1.